The average Bonchev–Trinajstić information content (AvgIpc) is 2.83. The molecule has 1 aromatic heterocycles. The molecule has 20 heavy (non-hydrogen) atoms. The van der Waals surface area contributed by atoms with Gasteiger partial charge in [0.2, 0.25) is 0 Å². The Morgan fingerprint density at radius 3 is 2.75 bits per heavy atom. The maximum Gasteiger partial charge on any atom is 0.161 e. The molecule has 0 N–H and O–H groups in total. The Morgan fingerprint density at radius 1 is 1.45 bits per heavy atom. The number of carbonyl (C=O) groups is 1. The number of Topliss-reactive ketones (excluding diaryl/α,β-unsaturated/α-hetero) is 1. The van der Waals surface area contributed by atoms with E-state index in [0.29, 0.717) is 17.7 Å². The summed E-state index contributed by atoms with van der Waals surface area (Å²) in [7, 11) is 1.93. The number of ketones is 1. The number of halogens is 1. The van der Waals surface area contributed by atoms with E-state index in [9.17, 15) is 4.79 Å². The second-order valence-corrected chi connectivity index (χ2v) is 6.81. The summed E-state index contributed by atoms with van der Waals surface area (Å²) in [6, 6.07) is 9.33. The van der Waals surface area contributed by atoms with Gasteiger partial charge in [-0.15, -0.1) is 11.3 Å². The molecule has 0 unspecified atom stereocenters. The van der Waals surface area contributed by atoms with Crippen molar-refractivity contribution >= 4 is 38.7 Å². The number of rotatable bonds is 4. The molecule has 0 aliphatic carbocycles. The molecule has 0 bridgehead atoms. The van der Waals surface area contributed by atoms with Gasteiger partial charge in [0, 0.05) is 24.8 Å². The fourth-order valence-corrected chi connectivity index (χ4v) is 3.20. The van der Waals surface area contributed by atoms with Gasteiger partial charge in [-0.1, -0.05) is 0 Å². The summed E-state index contributed by atoms with van der Waals surface area (Å²) < 4.78 is 1.08. The maximum absolute atomic E-state index is 11.7. The quantitative estimate of drug-likeness (QED) is 0.777. The minimum absolute atomic E-state index is 0.00263. The van der Waals surface area contributed by atoms with E-state index in [1.807, 2.05) is 11.9 Å². The van der Waals surface area contributed by atoms with Crippen LogP contribution in [0.3, 0.4) is 0 Å². The molecule has 102 valence electrons. The summed E-state index contributed by atoms with van der Waals surface area (Å²) in [4.78, 5) is 13.7. The van der Waals surface area contributed by atoms with Crippen molar-refractivity contribution in [1.82, 2.24) is 0 Å². The van der Waals surface area contributed by atoms with Gasteiger partial charge in [-0.25, -0.2) is 0 Å². The number of carbonyl (C=O) groups excluding carboxylic acids is 1. The number of anilines is 1. The second-order valence-electron chi connectivity index (χ2n) is 4.52. The molecule has 1 heterocycles. The van der Waals surface area contributed by atoms with Crippen LogP contribution >= 0.6 is 27.3 Å². The maximum atomic E-state index is 11.7. The van der Waals surface area contributed by atoms with Crippen LogP contribution in [0.25, 0.3) is 0 Å². The molecule has 0 fully saturated rings. The molecular weight excluding hydrogens is 336 g/mol. The fraction of sp³-hybridized carbons (Fsp3) is 0.200. The SMILES string of the molecule is CC(=O)c1ccc(C#N)cc1N(C)Cc1csc(Br)c1. The van der Waals surface area contributed by atoms with Crippen molar-refractivity contribution < 1.29 is 4.79 Å². The number of nitriles is 1. The smallest absolute Gasteiger partial charge is 0.161 e. The lowest BCUT2D eigenvalue weighted by molar-refractivity contribution is 0.101. The third-order valence-corrected chi connectivity index (χ3v) is 4.51. The molecule has 2 rings (SSSR count). The second kappa shape index (κ2) is 6.21. The molecule has 0 saturated carbocycles. The first kappa shape index (κ1) is 14.8. The van der Waals surface area contributed by atoms with Gasteiger partial charge in [0.05, 0.1) is 15.4 Å². The van der Waals surface area contributed by atoms with Crippen molar-refractivity contribution in [3.05, 3.63) is 50.1 Å². The summed E-state index contributed by atoms with van der Waals surface area (Å²) in [5.41, 5.74) is 3.16. The van der Waals surface area contributed by atoms with Crippen molar-refractivity contribution in [3.63, 3.8) is 0 Å². The van der Waals surface area contributed by atoms with Crippen molar-refractivity contribution in [2.45, 2.75) is 13.5 Å². The molecule has 0 aliphatic rings. The van der Waals surface area contributed by atoms with Crippen molar-refractivity contribution in [2.75, 3.05) is 11.9 Å². The lowest BCUT2D eigenvalue weighted by Crippen LogP contribution is -2.18. The Bertz CT molecular complexity index is 687. The van der Waals surface area contributed by atoms with Crippen LogP contribution in [0.4, 0.5) is 5.69 Å². The van der Waals surface area contributed by atoms with Gasteiger partial charge in [0.25, 0.3) is 0 Å². The van der Waals surface area contributed by atoms with Gasteiger partial charge in [-0.3, -0.25) is 4.79 Å². The van der Waals surface area contributed by atoms with E-state index >= 15 is 0 Å². The van der Waals surface area contributed by atoms with E-state index in [-0.39, 0.29) is 5.78 Å². The molecule has 0 atom stereocenters. The summed E-state index contributed by atoms with van der Waals surface area (Å²) in [5.74, 6) is 0.00263. The van der Waals surface area contributed by atoms with Crippen LogP contribution in [-0.4, -0.2) is 12.8 Å². The number of benzene rings is 1. The van der Waals surface area contributed by atoms with Crippen LogP contribution in [0.15, 0.2) is 33.4 Å². The largest absolute Gasteiger partial charge is 0.370 e. The van der Waals surface area contributed by atoms with Crippen LogP contribution in [0.2, 0.25) is 0 Å². The zero-order valence-electron chi connectivity index (χ0n) is 11.2. The molecule has 0 radical (unpaired) electrons. The molecule has 0 spiro atoms. The highest BCUT2D eigenvalue weighted by Gasteiger charge is 2.13. The first-order valence-electron chi connectivity index (χ1n) is 6.00. The molecular formula is C15H13BrN2OS. The third-order valence-electron chi connectivity index (χ3n) is 2.96. The third kappa shape index (κ3) is 3.27. The summed E-state index contributed by atoms with van der Waals surface area (Å²) >= 11 is 5.07. The first-order valence-corrected chi connectivity index (χ1v) is 7.67. The Kier molecular flexibility index (Phi) is 4.58. The number of hydrogen-bond donors (Lipinski definition) is 0. The predicted molar refractivity (Wildman–Crippen MR) is 85.3 cm³/mol. The van der Waals surface area contributed by atoms with Gasteiger partial charge in [0.15, 0.2) is 5.78 Å². The van der Waals surface area contributed by atoms with Gasteiger partial charge >= 0.3 is 0 Å². The molecule has 0 amide bonds. The van der Waals surface area contributed by atoms with Gasteiger partial charge in [-0.2, -0.15) is 5.26 Å². The Morgan fingerprint density at radius 2 is 2.20 bits per heavy atom. The molecule has 0 saturated heterocycles. The average molecular weight is 349 g/mol. The van der Waals surface area contributed by atoms with E-state index < -0.39 is 0 Å². The van der Waals surface area contributed by atoms with Crippen LogP contribution in [-0.2, 0) is 6.54 Å². The Labute approximate surface area is 130 Å². The molecule has 2 aromatic rings. The predicted octanol–water partition coefficient (Wildman–Crippen LogP) is 4.22. The topological polar surface area (TPSA) is 44.1 Å². The lowest BCUT2D eigenvalue weighted by atomic mass is 10.1. The van der Waals surface area contributed by atoms with Crippen molar-refractivity contribution in [2.24, 2.45) is 0 Å². The van der Waals surface area contributed by atoms with Gasteiger partial charge in [0.1, 0.15) is 0 Å². The Balaban J connectivity index is 2.34. The summed E-state index contributed by atoms with van der Waals surface area (Å²) in [6.45, 7) is 2.23. The fourth-order valence-electron chi connectivity index (χ4n) is 2.00. The van der Waals surface area contributed by atoms with Crippen molar-refractivity contribution in [1.29, 1.82) is 5.26 Å². The van der Waals surface area contributed by atoms with Crippen LogP contribution in [0, 0.1) is 11.3 Å². The minimum atomic E-state index is 0.00263. The van der Waals surface area contributed by atoms with Gasteiger partial charge in [-0.05, 0) is 58.1 Å². The van der Waals surface area contributed by atoms with E-state index in [2.05, 4.69) is 33.4 Å². The zero-order chi connectivity index (χ0) is 14.7. The normalized spacial score (nSPS) is 10.1. The van der Waals surface area contributed by atoms with Crippen LogP contribution in [0.1, 0.15) is 28.4 Å². The van der Waals surface area contributed by atoms with Crippen LogP contribution in [0.5, 0.6) is 0 Å². The molecule has 0 aliphatic heterocycles. The highest BCUT2D eigenvalue weighted by Crippen LogP contribution is 2.26. The summed E-state index contributed by atoms with van der Waals surface area (Å²) in [5, 5.41) is 11.1. The molecule has 5 heteroatoms. The Hall–Kier alpha value is -1.64. The van der Waals surface area contributed by atoms with E-state index in [0.717, 1.165) is 9.47 Å². The zero-order valence-corrected chi connectivity index (χ0v) is 13.6. The number of thiophene rings is 1. The van der Waals surface area contributed by atoms with E-state index in [4.69, 9.17) is 5.26 Å². The lowest BCUT2D eigenvalue weighted by Gasteiger charge is -2.21. The highest BCUT2D eigenvalue weighted by molar-refractivity contribution is 9.11. The number of nitrogens with zero attached hydrogens (tertiary/aromatic N) is 2. The summed E-state index contributed by atoms with van der Waals surface area (Å²) in [6.07, 6.45) is 0. The van der Waals surface area contributed by atoms with Gasteiger partial charge < -0.3 is 4.90 Å². The number of hydrogen-bond acceptors (Lipinski definition) is 4. The standard InChI is InChI=1S/C15H13BrN2OS/c1-10(19)13-4-3-11(7-17)5-14(13)18(2)8-12-6-15(16)20-9-12/h3-6,9H,8H2,1-2H3. The van der Waals surface area contributed by atoms with Crippen LogP contribution < -0.4 is 4.90 Å². The first-order chi connectivity index (χ1) is 9.51. The molecule has 1 aromatic carbocycles. The van der Waals surface area contributed by atoms with E-state index in [1.165, 1.54) is 5.56 Å². The monoisotopic (exact) mass is 348 g/mol. The minimum Gasteiger partial charge on any atom is -0.370 e. The van der Waals surface area contributed by atoms with Crippen molar-refractivity contribution in [3.8, 4) is 6.07 Å². The van der Waals surface area contributed by atoms with E-state index in [1.54, 1.807) is 36.5 Å². The molecule has 3 nitrogen and oxygen atoms in total. The highest BCUT2D eigenvalue weighted by atomic mass is 79.9.